The van der Waals surface area contributed by atoms with Crippen LogP contribution in [0.5, 0.6) is 0 Å². The summed E-state index contributed by atoms with van der Waals surface area (Å²) in [4.78, 5) is 25.6. The molecular formula is C16H8Cl2FNO3. The molecule has 0 aromatic heterocycles. The Bertz CT molecular complexity index is 862. The van der Waals surface area contributed by atoms with Crippen molar-refractivity contribution in [1.29, 1.82) is 0 Å². The van der Waals surface area contributed by atoms with Crippen molar-refractivity contribution in [2.75, 3.05) is 4.90 Å². The van der Waals surface area contributed by atoms with Crippen LogP contribution >= 0.6 is 23.2 Å². The Morgan fingerprint density at radius 3 is 2.26 bits per heavy atom. The number of benzene rings is 2. The standard InChI is InChI=1S/C16H8Cl2FNO3/c17-10-2-1-3-11(13(10)18)20-15(22)12(14(21)16(20)23)8-4-6-9(19)7-5-8/h1-7,21H. The Morgan fingerprint density at radius 2 is 1.61 bits per heavy atom. The zero-order valence-electron chi connectivity index (χ0n) is 11.4. The van der Waals surface area contributed by atoms with E-state index in [2.05, 4.69) is 0 Å². The minimum absolute atomic E-state index is 0.0176. The van der Waals surface area contributed by atoms with Gasteiger partial charge in [0.05, 0.1) is 21.3 Å². The molecule has 0 fully saturated rings. The summed E-state index contributed by atoms with van der Waals surface area (Å²) in [5, 5.41) is 10.2. The highest BCUT2D eigenvalue weighted by atomic mass is 35.5. The van der Waals surface area contributed by atoms with Gasteiger partial charge in [-0.1, -0.05) is 41.4 Å². The van der Waals surface area contributed by atoms with Crippen molar-refractivity contribution in [2.45, 2.75) is 0 Å². The Kier molecular flexibility index (Phi) is 3.83. The maximum atomic E-state index is 13.0. The molecule has 0 atom stereocenters. The molecule has 0 bridgehead atoms. The van der Waals surface area contributed by atoms with Crippen molar-refractivity contribution in [3.05, 3.63) is 69.6 Å². The van der Waals surface area contributed by atoms with E-state index < -0.39 is 23.4 Å². The summed E-state index contributed by atoms with van der Waals surface area (Å²) in [5.41, 5.74) is 0.0757. The summed E-state index contributed by atoms with van der Waals surface area (Å²) in [5.74, 6) is -2.90. The molecule has 2 amide bonds. The van der Waals surface area contributed by atoms with Gasteiger partial charge in [-0.05, 0) is 29.8 Å². The number of carbonyl (C=O) groups is 2. The first kappa shape index (κ1) is 15.5. The molecule has 2 aromatic rings. The van der Waals surface area contributed by atoms with Gasteiger partial charge in [0.25, 0.3) is 5.91 Å². The van der Waals surface area contributed by atoms with Gasteiger partial charge in [0, 0.05) is 0 Å². The lowest BCUT2D eigenvalue weighted by Crippen LogP contribution is -2.31. The zero-order chi connectivity index (χ0) is 16.7. The van der Waals surface area contributed by atoms with E-state index in [0.29, 0.717) is 0 Å². The number of rotatable bonds is 2. The third-order valence-electron chi connectivity index (χ3n) is 3.36. The first-order chi connectivity index (χ1) is 10.9. The predicted molar refractivity (Wildman–Crippen MR) is 84.9 cm³/mol. The molecule has 2 aromatic carbocycles. The average molecular weight is 352 g/mol. The van der Waals surface area contributed by atoms with Gasteiger partial charge in [0.1, 0.15) is 5.82 Å². The Morgan fingerprint density at radius 1 is 0.957 bits per heavy atom. The molecule has 1 heterocycles. The zero-order valence-corrected chi connectivity index (χ0v) is 12.9. The Hall–Kier alpha value is -2.37. The molecule has 0 radical (unpaired) electrons. The number of anilines is 1. The highest BCUT2D eigenvalue weighted by molar-refractivity contribution is 6.49. The number of hydrogen-bond acceptors (Lipinski definition) is 3. The normalized spacial score (nSPS) is 14.8. The van der Waals surface area contributed by atoms with Crippen LogP contribution in [0.1, 0.15) is 5.56 Å². The summed E-state index contributed by atoms with van der Waals surface area (Å²) < 4.78 is 13.0. The fourth-order valence-corrected chi connectivity index (χ4v) is 2.66. The van der Waals surface area contributed by atoms with Crippen molar-refractivity contribution in [2.24, 2.45) is 0 Å². The van der Waals surface area contributed by atoms with Gasteiger partial charge in [-0.15, -0.1) is 0 Å². The molecule has 7 heteroatoms. The van der Waals surface area contributed by atoms with Crippen molar-refractivity contribution >= 4 is 46.3 Å². The van der Waals surface area contributed by atoms with Crippen LogP contribution in [0, 0.1) is 5.82 Å². The minimum atomic E-state index is -0.918. The second kappa shape index (κ2) is 5.68. The maximum Gasteiger partial charge on any atom is 0.301 e. The van der Waals surface area contributed by atoms with E-state index in [1.165, 1.54) is 30.3 Å². The van der Waals surface area contributed by atoms with E-state index in [0.717, 1.165) is 17.0 Å². The number of aliphatic hydroxyl groups excluding tert-OH is 1. The van der Waals surface area contributed by atoms with Gasteiger partial charge in [-0.25, -0.2) is 9.29 Å². The Balaban J connectivity index is 2.09. The SMILES string of the molecule is O=C1C(O)=C(c2ccc(F)cc2)C(=O)N1c1cccc(Cl)c1Cl. The molecule has 4 nitrogen and oxygen atoms in total. The molecule has 1 aliphatic heterocycles. The van der Waals surface area contributed by atoms with Crippen LogP contribution in [-0.4, -0.2) is 16.9 Å². The molecule has 1 N–H and O–H groups in total. The van der Waals surface area contributed by atoms with Crippen LogP contribution in [0.4, 0.5) is 10.1 Å². The highest BCUT2D eigenvalue weighted by Crippen LogP contribution is 2.38. The molecule has 0 spiro atoms. The molecule has 0 saturated heterocycles. The molecule has 0 aliphatic carbocycles. The first-order valence-electron chi connectivity index (χ1n) is 6.44. The van der Waals surface area contributed by atoms with Crippen LogP contribution in [0.3, 0.4) is 0 Å². The summed E-state index contributed by atoms with van der Waals surface area (Å²) in [7, 11) is 0. The van der Waals surface area contributed by atoms with E-state index >= 15 is 0 Å². The van der Waals surface area contributed by atoms with Crippen LogP contribution < -0.4 is 4.90 Å². The van der Waals surface area contributed by atoms with Gasteiger partial charge in [-0.2, -0.15) is 0 Å². The van der Waals surface area contributed by atoms with Gasteiger partial charge in [0.15, 0.2) is 5.76 Å². The number of hydrogen-bond donors (Lipinski definition) is 1. The minimum Gasteiger partial charge on any atom is -0.502 e. The van der Waals surface area contributed by atoms with Crippen LogP contribution in [0.15, 0.2) is 48.2 Å². The molecule has 116 valence electrons. The predicted octanol–water partition coefficient (Wildman–Crippen LogP) is 3.98. The van der Waals surface area contributed by atoms with E-state index in [-0.39, 0.29) is 26.9 Å². The topological polar surface area (TPSA) is 57.6 Å². The van der Waals surface area contributed by atoms with E-state index in [1.54, 1.807) is 0 Å². The van der Waals surface area contributed by atoms with E-state index in [9.17, 15) is 19.1 Å². The molecular weight excluding hydrogens is 344 g/mol. The molecule has 3 rings (SSSR count). The average Bonchev–Trinajstić information content (AvgIpc) is 2.74. The van der Waals surface area contributed by atoms with E-state index in [4.69, 9.17) is 23.2 Å². The monoisotopic (exact) mass is 351 g/mol. The summed E-state index contributed by atoms with van der Waals surface area (Å²) >= 11 is 11.9. The lowest BCUT2D eigenvalue weighted by molar-refractivity contribution is -0.121. The number of aliphatic hydroxyl groups is 1. The first-order valence-corrected chi connectivity index (χ1v) is 7.19. The summed E-state index contributed by atoms with van der Waals surface area (Å²) in [6.45, 7) is 0. The second-order valence-electron chi connectivity index (χ2n) is 4.75. The van der Waals surface area contributed by atoms with Crippen molar-refractivity contribution in [3.63, 3.8) is 0 Å². The Labute approximate surface area is 140 Å². The van der Waals surface area contributed by atoms with E-state index in [1.807, 2.05) is 0 Å². The second-order valence-corrected chi connectivity index (χ2v) is 5.53. The number of carbonyl (C=O) groups excluding carboxylic acids is 2. The van der Waals surface area contributed by atoms with Gasteiger partial charge < -0.3 is 5.11 Å². The number of imide groups is 1. The summed E-state index contributed by atoms with van der Waals surface area (Å²) in [6, 6.07) is 9.32. The van der Waals surface area contributed by atoms with Crippen LogP contribution in [0.25, 0.3) is 5.57 Å². The third kappa shape index (κ3) is 2.48. The maximum absolute atomic E-state index is 13.0. The van der Waals surface area contributed by atoms with Crippen LogP contribution in [-0.2, 0) is 9.59 Å². The molecule has 0 unspecified atom stereocenters. The van der Waals surface area contributed by atoms with Crippen molar-refractivity contribution in [3.8, 4) is 0 Å². The lowest BCUT2D eigenvalue weighted by atomic mass is 10.1. The van der Waals surface area contributed by atoms with Crippen molar-refractivity contribution < 1.29 is 19.1 Å². The number of halogens is 3. The number of amides is 2. The quantitative estimate of drug-likeness (QED) is 0.832. The smallest absolute Gasteiger partial charge is 0.301 e. The van der Waals surface area contributed by atoms with Gasteiger partial charge in [-0.3, -0.25) is 9.59 Å². The van der Waals surface area contributed by atoms with Gasteiger partial charge >= 0.3 is 5.91 Å². The third-order valence-corrected chi connectivity index (χ3v) is 4.17. The van der Waals surface area contributed by atoms with Gasteiger partial charge in [0.2, 0.25) is 0 Å². The molecule has 1 aliphatic rings. The largest absolute Gasteiger partial charge is 0.502 e. The van der Waals surface area contributed by atoms with Crippen LogP contribution in [0.2, 0.25) is 10.0 Å². The molecule has 23 heavy (non-hydrogen) atoms. The molecule has 0 saturated carbocycles. The lowest BCUT2D eigenvalue weighted by Gasteiger charge is -2.16. The van der Waals surface area contributed by atoms with Crippen molar-refractivity contribution in [1.82, 2.24) is 0 Å². The highest BCUT2D eigenvalue weighted by Gasteiger charge is 2.41. The fraction of sp³-hybridized carbons (Fsp3) is 0. The summed E-state index contributed by atoms with van der Waals surface area (Å²) in [6.07, 6.45) is 0. The number of nitrogens with zero attached hydrogens (tertiary/aromatic N) is 1. The fourth-order valence-electron chi connectivity index (χ4n) is 2.28.